The van der Waals surface area contributed by atoms with Crippen molar-refractivity contribution < 1.29 is 19.8 Å². The summed E-state index contributed by atoms with van der Waals surface area (Å²) in [5.74, 6) is -0.312. The molecule has 0 heterocycles. The van der Waals surface area contributed by atoms with E-state index < -0.39 is 0 Å². The van der Waals surface area contributed by atoms with Gasteiger partial charge in [-0.2, -0.15) is 0 Å². The van der Waals surface area contributed by atoms with Crippen LogP contribution in [0.15, 0.2) is 60.7 Å². The van der Waals surface area contributed by atoms with Crippen molar-refractivity contribution in [2.75, 3.05) is 0 Å². The fourth-order valence-electron chi connectivity index (χ4n) is 2.16. The average Bonchev–Trinajstić information content (AvgIpc) is 2.65. The number of hydrogen-bond acceptors (Lipinski definition) is 4. The third kappa shape index (κ3) is 11.2. The molecule has 0 unspecified atom stereocenters. The van der Waals surface area contributed by atoms with Gasteiger partial charge in [0.1, 0.15) is 0 Å². The fraction of sp³-hybridized carbons (Fsp3) is 0.200. The molecule has 0 spiro atoms. The number of aliphatic hydroxyl groups excluding tert-OH is 2. The molecule has 0 fully saturated rings. The summed E-state index contributed by atoms with van der Waals surface area (Å²) in [6.07, 6.45) is 0. The van der Waals surface area contributed by atoms with Crippen LogP contribution < -0.4 is 0 Å². The maximum atomic E-state index is 11.1. The van der Waals surface area contributed by atoms with Crippen LogP contribution in [0.1, 0.15) is 25.0 Å². The molecule has 0 atom stereocenters. The van der Waals surface area contributed by atoms with Gasteiger partial charge in [-0.1, -0.05) is 0 Å². The zero-order valence-corrected chi connectivity index (χ0v) is 23.6. The predicted molar refractivity (Wildman–Crippen MR) is 119 cm³/mol. The van der Waals surface area contributed by atoms with Gasteiger partial charge in [0.15, 0.2) is 0 Å². The number of nitrogens with zero attached hydrogens (tertiary/aromatic N) is 2. The monoisotopic (exact) mass is 746 g/mol. The number of carbonyl (C=O) groups is 2. The number of hydrogen-bond donors (Lipinski definition) is 2. The molecule has 6 nitrogen and oxygen atoms in total. The van der Waals surface area contributed by atoms with Crippen LogP contribution in [0.5, 0.6) is 0 Å². The zero-order valence-electron chi connectivity index (χ0n) is 16.1. The first kappa shape index (κ1) is 28.1. The minimum absolute atomic E-state index is 0. The Morgan fingerprint density at radius 3 is 1.21 bits per heavy atom. The molecule has 2 aromatic carbocycles. The summed E-state index contributed by atoms with van der Waals surface area (Å²) in [5.41, 5.74) is 2.00. The SMILES string of the molecule is CC(=O)N(Cc1ccccc1)C(O)=[Te].CC(=O)N(Cc1ccccc1)C(O)=[Te].[TeH2]. The third-order valence-corrected chi connectivity index (χ3v) is 4.85. The molecule has 2 aromatic rings. The van der Waals surface area contributed by atoms with Crippen molar-refractivity contribution in [1.82, 2.24) is 9.80 Å². The van der Waals surface area contributed by atoms with Crippen molar-refractivity contribution >= 4 is 86.8 Å². The quantitative estimate of drug-likeness (QED) is 0.422. The van der Waals surface area contributed by atoms with Gasteiger partial charge < -0.3 is 0 Å². The van der Waals surface area contributed by atoms with E-state index in [4.69, 9.17) is 0 Å². The standard InChI is InChI=1S/2C10H11NO2Te.H2Te/c2*1-8(12)11(10(13)14)7-9-5-3-2-4-6-9;/h2*2-6H,7H2,1H3,(H,13,14);1H2. The van der Waals surface area contributed by atoms with Gasteiger partial charge in [0.2, 0.25) is 0 Å². The maximum absolute atomic E-state index is 11.1. The Kier molecular flexibility index (Phi) is 14.5. The van der Waals surface area contributed by atoms with Gasteiger partial charge in [-0.3, -0.25) is 0 Å². The molecule has 0 aliphatic heterocycles. The molecular weight excluding hydrogens is 715 g/mol. The summed E-state index contributed by atoms with van der Waals surface area (Å²) >= 11 is 2.86. The van der Waals surface area contributed by atoms with Gasteiger partial charge in [-0.15, -0.1) is 0 Å². The number of benzene rings is 2. The van der Waals surface area contributed by atoms with E-state index in [9.17, 15) is 19.8 Å². The summed E-state index contributed by atoms with van der Waals surface area (Å²) in [6.45, 7) is 3.70. The molecule has 0 saturated heterocycles. The Morgan fingerprint density at radius 2 is 1.00 bits per heavy atom. The van der Waals surface area contributed by atoms with E-state index in [0.717, 1.165) is 11.1 Å². The van der Waals surface area contributed by atoms with Crippen molar-refractivity contribution in [3.63, 3.8) is 0 Å². The molecule has 2 amide bonds. The van der Waals surface area contributed by atoms with Crippen LogP contribution in [-0.4, -0.2) is 107 Å². The van der Waals surface area contributed by atoms with Crippen molar-refractivity contribution in [3.05, 3.63) is 71.8 Å². The molecule has 0 radical (unpaired) electrons. The van der Waals surface area contributed by atoms with Gasteiger partial charge in [-0.05, 0) is 0 Å². The van der Waals surface area contributed by atoms with Crippen LogP contribution in [-0.2, 0) is 22.7 Å². The number of aliphatic hydroxyl groups is 2. The molecular formula is C20H24N2O4Te3. The van der Waals surface area contributed by atoms with Crippen LogP contribution >= 0.6 is 0 Å². The van der Waals surface area contributed by atoms with E-state index in [0.29, 0.717) is 13.1 Å². The van der Waals surface area contributed by atoms with Crippen LogP contribution in [0, 0.1) is 0 Å². The van der Waals surface area contributed by atoms with Crippen LogP contribution in [0.3, 0.4) is 0 Å². The molecule has 0 aliphatic carbocycles. The summed E-state index contributed by atoms with van der Waals surface area (Å²) in [5, 5.41) is 18.5. The summed E-state index contributed by atoms with van der Waals surface area (Å²) in [6, 6.07) is 19.1. The first-order chi connectivity index (χ1) is 13.2. The average molecular weight is 739 g/mol. The minimum atomic E-state index is -0.156. The Hall–Kier alpha value is -0.911. The van der Waals surface area contributed by atoms with Gasteiger partial charge in [0.25, 0.3) is 0 Å². The number of carbonyl (C=O) groups excluding carboxylic acids is 2. The van der Waals surface area contributed by atoms with E-state index in [-0.39, 0.29) is 43.2 Å². The van der Waals surface area contributed by atoms with E-state index in [1.54, 1.807) is 0 Å². The molecule has 9 heteroatoms. The van der Waals surface area contributed by atoms with Gasteiger partial charge in [0, 0.05) is 0 Å². The van der Waals surface area contributed by atoms with Crippen molar-refractivity contribution in [1.29, 1.82) is 0 Å². The van der Waals surface area contributed by atoms with E-state index in [1.807, 2.05) is 60.7 Å². The molecule has 2 rings (SSSR count). The first-order valence-corrected chi connectivity index (χ1v) is 10.6. The van der Waals surface area contributed by atoms with Crippen LogP contribution in [0.4, 0.5) is 0 Å². The predicted octanol–water partition coefficient (Wildman–Crippen LogP) is 0.411. The van der Waals surface area contributed by atoms with Crippen LogP contribution in [0.2, 0.25) is 0 Å². The van der Waals surface area contributed by atoms with Gasteiger partial charge >= 0.3 is 215 Å². The summed E-state index contributed by atoms with van der Waals surface area (Å²) in [4.78, 5) is 24.9. The molecule has 2 N–H and O–H groups in total. The van der Waals surface area contributed by atoms with E-state index >= 15 is 0 Å². The molecule has 156 valence electrons. The number of rotatable bonds is 6. The van der Waals surface area contributed by atoms with Crippen molar-refractivity contribution in [2.45, 2.75) is 26.9 Å². The third-order valence-electron chi connectivity index (χ3n) is 3.59. The van der Waals surface area contributed by atoms with Crippen molar-refractivity contribution in [3.8, 4) is 0 Å². The Morgan fingerprint density at radius 1 is 0.724 bits per heavy atom. The summed E-state index contributed by atoms with van der Waals surface area (Å²) < 4.78 is 0.0781. The second-order valence-electron chi connectivity index (χ2n) is 5.75. The topological polar surface area (TPSA) is 81.1 Å². The van der Waals surface area contributed by atoms with Crippen LogP contribution in [0.25, 0.3) is 0 Å². The van der Waals surface area contributed by atoms with E-state index in [1.165, 1.54) is 67.3 Å². The second-order valence-corrected chi connectivity index (χ2v) is 7.83. The van der Waals surface area contributed by atoms with Crippen molar-refractivity contribution in [2.24, 2.45) is 0 Å². The molecule has 0 saturated carbocycles. The van der Waals surface area contributed by atoms with Gasteiger partial charge in [0.05, 0.1) is 0 Å². The normalized spacial score (nSPS) is 9.17. The van der Waals surface area contributed by atoms with Gasteiger partial charge in [-0.25, -0.2) is 0 Å². The summed E-state index contributed by atoms with van der Waals surface area (Å²) in [7, 11) is 0. The number of amides is 2. The Bertz CT molecular complexity index is 719. The molecule has 29 heavy (non-hydrogen) atoms. The first-order valence-electron chi connectivity index (χ1n) is 8.32. The second kappa shape index (κ2) is 15.0. The molecule has 0 aromatic heterocycles. The Balaban J connectivity index is 0.000000523. The molecule has 0 bridgehead atoms. The fourth-order valence-corrected chi connectivity index (χ4v) is 3.26. The Labute approximate surface area is 213 Å². The zero-order chi connectivity index (χ0) is 21.1. The molecule has 0 aliphatic rings. The van der Waals surface area contributed by atoms with E-state index in [2.05, 4.69) is 0 Å².